The average Bonchev–Trinajstić information content (AvgIpc) is 3.22. The first-order valence-corrected chi connectivity index (χ1v) is 9.08. The van der Waals surface area contributed by atoms with Gasteiger partial charge >= 0.3 is 0 Å². The van der Waals surface area contributed by atoms with Crippen LogP contribution in [-0.2, 0) is 10.0 Å². The highest BCUT2D eigenvalue weighted by molar-refractivity contribution is 7.89. The van der Waals surface area contributed by atoms with Gasteiger partial charge in [-0.3, -0.25) is 0 Å². The number of nitrogens with two attached hydrogens (primary N) is 1. The molecule has 0 unspecified atom stereocenters. The number of nitrogens with zero attached hydrogens (tertiary/aromatic N) is 1. The van der Waals surface area contributed by atoms with Crippen molar-refractivity contribution in [1.82, 2.24) is 4.31 Å². The first-order valence-electron chi connectivity index (χ1n) is 7.47. The Bertz CT molecular complexity index is 556. The summed E-state index contributed by atoms with van der Waals surface area (Å²) in [6.07, 6.45) is 3.13. The molecule has 5 nitrogen and oxygen atoms in total. The first kappa shape index (κ1) is 16.1. The zero-order valence-corrected chi connectivity index (χ0v) is 13.3. The summed E-state index contributed by atoms with van der Waals surface area (Å²) in [5.41, 5.74) is 6.27. The number of ether oxygens (including phenoxy) is 1. The number of benzene rings is 1. The summed E-state index contributed by atoms with van der Waals surface area (Å²) in [5.74, 6) is 1.17. The summed E-state index contributed by atoms with van der Waals surface area (Å²) in [7, 11) is -3.24. The van der Waals surface area contributed by atoms with E-state index < -0.39 is 10.0 Å². The van der Waals surface area contributed by atoms with Crippen LogP contribution in [0.3, 0.4) is 0 Å². The van der Waals surface area contributed by atoms with Crippen LogP contribution in [0.5, 0.6) is 5.75 Å². The van der Waals surface area contributed by atoms with Crippen LogP contribution >= 0.6 is 0 Å². The van der Waals surface area contributed by atoms with Crippen molar-refractivity contribution in [3.05, 3.63) is 24.3 Å². The molecule has 0 atom stereocenters. The number of nitrogen functional groups attached to an aromatic ring is 1. The van der Waals surface area contributed by atoms with Gasteiger partial charge in [-0.1, -0.05) is 13.0 Å². The van der Waals surface area contributed by atoms with E-state index in [1.807, 2.05) is 6.92 Å². The Balaban J connectivity index is 1.86. The van der Waals surface area contributed by atoms with E-state index in [2.05, 4.69) is 0 Å². The van der Waals surface area contributed by atoms with Gasteiger partial charge in [0, 0.05) is 24.8 Å². The van der Waals surface area contributed by atoms with E-state index in [0.29, 0.717) is 30.4 Å². The van der Waals surface area contributed by atoms with Crippen molar-refractivity contribution in [3.63, 3.8) is 0 Å². The molecule has 2 rings (SSSR count). The molecule has 0 amide bonds. The Kier molecular flexibility index (Phi) is 5.47. The molecule has 0 aliphatic heterocycles. The fourth-order valence-electron chi connectivity index (χ4n) is 2.18. The maximum atomic E-state index is 12.4. The largest absolute Gasteiger partial charge is 0.492 e. The Morgan fingerprint density at radius 2 is 2.14 bits per heavy atom. The summed E-state index contributed by atoms with van der Waals surface area (Å²) in [6.45, 7) is 3.40. The standard InChI is InChI=1S/C15H24N2O3S/c1-2-8-17(12-13-6-7-13)21(18,19)10-9-20-15-5-3-4-14(16)11-15/h3-5,11,13H,2,6-10,12,16H2,1H3. The second-order valence-electron chi connectivity index (χ2n) is 5.54. The normalized spacial score (nSPS) is 15.3. The van der Waals surface area contributed by atoms with Gasteiger partial charge in [0.05, 0.1) is 5.75 Å². The maximum absolute atomic E-state index is 12.4. The summed E-state index contributed by atoms with van der Waals surface area (Å²) >= 11 is 0. The first-order chi connectivity index (χ1) is 10.0. The molecular weight excluding hydrogens is 288 g/mol. The van der Waals surface area contributed by atoms with Crippen LogP contribution in [0.4, 0.5) is 5.69 Å². The zero-order chi connectivity index (χ0) is 15.3. The van der Waals surface area contributed by atoms with Gasteiger partial charge in [-0.2, -0.15) is 0 Å². The second-order valence-corrected chi connectivity index (χ2v) is 7.63. The predicted molar refractivity (Wildman–Crippen MR) is 84.7 cm³/mol. The molecule has 1 aliphatic carbocycles. The maximum Gasteiger partial charge on any atom is 0.217 e. The third kappa shape index (κ3) is 5.21. The summed E-state index contributed by atoms with van der Waals surface area (Å²) in [4.78, 5) is 0. The van der Waals surface area contributed by atoms with Gasteiger partial charge in [-0.15, -0.1) is 0 Å². The van der Waals surface area contributed by atoms with Gasteiger partial charge in [0.1, 0.15) is 12.4 Å². The van der Waals surface area contributed by atoms with E-state index in [-0.39, 0.29) is 12.4 Å². The monoisotopic (exact) mass is 312 g/mol. The van der Waals surface area contributed by atoms with E-state index >= 15 is 0 Å². The van der Waals surface area contributed by atoms with Crippen molar-refractivity contribution < 1.29 is 13.2 Å². The molecular formula is C15H24N2O3S. The SMILES string of the molecule is CCCN(CC1CC1)S(=O)(=O)CCOc1cccc(N)c1. The molecule has 0 spiro atoms. The molecule has 0 aromatic heterocycles. The van der Waals surface area contributed by atoms with Crippen molar-refractivity contribution in [1.29, 1.82) is 0 Å². The van der Waals surface area contributed by atoms with Crippen LogP contribution in [0, 0.1) is 5.92 Å². The van der Waals surface area contributed by atoms with Crippen molar-refractivity contribution in [2.45, 2.75) is 26.2 Å². The van der Waals surface area contributed by atoms with E-state index in [4.69, 9.17) is 10.5 Å². The molecule has 0 saturated heterocycles. The van der Waals surface area contributed by atoms with Crippen molar-refractivity contribution in [2.24, 2.45) is 5.92 Å². The summed E-state index contributed by atoms with van der Waals surface area (Å²) < 4.78 is 31.8. The van der Waals surface area contributed by atoms with Crippen LogP contribution < -0.4 is 10.5 Å². The molecule has 0 radical (unpaired) electrons. The third-order valence-corrected chi connectivity index (χ3v) is 5.29. The van der Waals surface area contributed by atoms with E-state index in [1.165, 1.54) is 0 Å². The third-order valence-electron chi connectivity index (χ3n) is 3.49. The average molecular weight is 312 g/mol. The highest BCUT2D eigenvalue weighted by Crippen LogP contribution is 2.30. The van der Waals surface area contributed by atoms with Gasteiger partial charge in [-0.25, -0.2) is 12.7 Å². The number of anilines is 1. The minimum Gasteiger partial charge on any atom is -0.492 e. The molecule has 1 aliphatic rings. The van der Waals surface area contributed by atoms with Gasteiger partial charge < -0.3 is 10.5 Å². The lowest BCUT2D eigenvalue weighted by Gasteiger charge is -2.21. The second kappa shape index (κ2) is 7.13. The lowest BCUT2D eigenvalue weighted by atomic mass is 10.3. The summed E-state index contributed by atoms with van der Waals surface area (Å²) in [5, 5.41) is 0. The molecule has 0 bridgehead atoms. The van der Waals surface area contributed by atoms with Crippen LogP contribution in [-0.4, -0.2) is 38.2 Å². The fourth-order valence-corrected chi connectivity index (χ4v) is 3.63. The lowest BCUT2D eigenvalue weighted by molar-refractivity contribution is 0.332. The Morgan fingerprint density at radius 1 is 1.38 bits per heavy atom. The predicted octanol–water partition coefficient (Wildman–Crippen LogP) is 2.10. The molecule has 1 aromatic rings. The minimum atomic E-state index is -3.24. The van der Waals surface area contributed by atoms with Crippen LogP contribution in [0.2, 0.25) is 0 Å². The highest BCUT2D eigenvalue weighted by Gasteiger charge is 2.29. The smallest absolute Gasteiger partial charge is 0.217 e. The van der Waals surface area contributed by atoms with Gasteiger partial charge in [-0.05, 0) is 37.3 Å². The Morgan fingerprint density at radius 3 is 2.76 bits per heavy atom. The molecule has 1 fully saturated rings. The van der Waals surface area contributed by atoms with E-state index in [0.717, 1.165) is 19.3 Å². The Labute approximate surface area is 127 Å². The van der Waals surface area contributed by atoms with Crippen molar-refractivity contribution >= 4 is 15.7 Å². The van der Waals surface area contributed by atoms with Crippen LogP contribution in [0.15, 0.2) is 24.3 Å². The van der Waals surface area contributed by atoms with Gasteiger partial charge in [0.25, 0.3) is 0 Å². The molecule has 2 N–H and O–H groups in total. The van der Waals surface area contributed by atoms with Crippen molar-refractivity contribution in [3.8, 4) is 5.75 Å². The van der Waals surface area contributed by atoms with Gasteiger partial charge in [0.15, 0.2) is 0 Å². The number of hydrogen-bond acceptors (Lipinski definition) is 4. The molecule has 0 heterocycles. The topological polar surface area (TPSA) is 72.6 Å². The number of rotatable bonds is 9. The Hall–Kier alpha value is -1.27. The lowest BCUT2D eigenvalue weighted by Crippen LogP contribution is -2.36. The molecule has 118 valence electrons. The molecule has 1 saturated carbocycles. The van der Waals surface area contributed by atoms with E-state index in [9.17, 15) is 8.42 Å². The molecule has 21 heavy (non-hydrogen) atoms. The quantitative estimate of drug-likeness (QED) is 0.709. The van der Waals surface area contributed by atoms with Crippen LogP contribution in [0.25, 0.3) is 0 Å². The summed E-state index contributed by atoms with van der Waals surface area (Å²) in [6, 6.07) is 7.02. The highest BCUT2D eigenvalue weighted by atomic mass is 32.2. The number of hydrogen-bond donors (Lipinski definition) is 1. The minimum absolute atomic E-state index is 0.00845. The fraction of sp³-hybridized carbons (Fsp3) is 0.600. The molecule has 6 heteroatoms. The van der Waals surface area contributed by atoms with Crippen molar-refractivity contribution in [2.75, 3.05) is 31.2 Å². The number of sulfonamides is 1. The van der Waals surface area contributed by atoms with E-state index in [1.54, 1.807) is 28.6 Å². The van der Waals surface area contributed by atoms with Crippen LogP contribution in [0.1, 0.15) is 26.2 Å². The van der Waals surface area contributed by atoms with Gasteiger partial charge in [0.2, 0.25) is 10.0 Å². The molecule has 1 aromatic carbocycles. The zero-order valence-electron chi connectivity index (χ0n) is 12.5.